The second-order valence-corrected chi connectivity index (χ2v) is 9.71. The molecule has 5 nitrogen and oxygen atoms in total. The molecule has 1 amide bonds. The van der Waals surface area contributed by atoms with E-state index in [9.17, 15) is 4.79 Å². The second kappa shape index (κ2) is 6.75. The van der Waals surface area contributed by atoms with Crippen LogP contribution in [0.1, 0.15) is 49.0 Å². The molecular weight excluding hydrogens is 356 g/mol. The Balaban J connectivity index is 1.43. The maximum Gasteiger partial charge on any atom is 0.232 e. The quantitative estimate of drug-likeness (QED) is 0.729. The summed E-state index contributed by atoms with van der Waals surface area (Å²) in [4.78, 5) is 23.0. The molecule has 142 valence electrons. The molecule has 0 fully saturated rings. The zero-order valence-corrected chi connectivity index (χ0v) is 17.2. The molecule has 1 aliphatic carbocycles. The fourth-order valence-corrected chi connectivity index (χ4v) is 4.82. The standard InChI is InChI=1S/C21H26N4OS/c1-13-7-8-25-12-15(22-18(25)9-13)11-19(26)24-20-23-16-6-5-14(21(2,3)4)10-17(16)27-20/h7-9,12,14H,5-6,10-11H2,1-4H3,(H,23,24,26). The van der Waals surface area contributed by atoms with Gasteiger partial charge in [0.15, 0.2) is 5.13 Å². The van der Waals surface area contributed by atoms with Crippen molar-refractivity contribution in [1.82, 2.24) is 14.4 Å². The third-order valence-corrected chi connectivity index (χ3v) is 6.45. The van der Waals surface area contributed by atoms with Crippen molar-refractivity contribution in [3.63, 3.8) is 0 Å². The number of rotatable bonds is 3. The Bertz CT molecular complexity index is 995. The summed E-state index contributed by atoms with van der Waals surface area (Å²) in [5, 5.41) is 3.70. The van der Waals surface area contributed by atoms with E-state index in [1.807, 2.05) is 35.9 Å². The lowest BCUT2D eigenvalue weighted by Crippen LogP contribution is -2.26. The minimum Gasteiger partial charge on any atom is -0.307 e. The number of anilines is 1. The zero-order chi connectivity index (χ0) is 19.2. The number of thiazole rings is 1. The van der Waals surface area contributed by atoms with Crippen molar-refractivity contribution < 1.29 is 4.79 Å². The van der Waals surface area contributed by atoms with Gasteiger partial charge in [0.2, 0.25) is 5.91 Å². The van der Waals surface area contributed by atoms with Crippen molar-refractivity contribution in [3.05, 3.63) is 46.4 Å². The Kier molecular flexibility index (Phi) is 4.54. The zero-order valence-electron chi connectivity index (χ0n) is 16.4. The number of hydrogen-bond acceptors (Lipinski definition) is 4. The SMILES string of the molecule is Cc1ccn2cc(CC(=O)Nc3nc4c(s3)CC(C(C)(C)C)CC4)nc2c1. The Hall–Kier alpha value is -2.21. The van der Waals surface area contributed by atoms with Crippen molar-refractivity contribution in [3.8, 4) is 0 Å². The molecule has 3 aromatic rings. The predicted molar refractivity (Wildman–Crippen MR) is 109 cm³/mol. The summed E-state index contributed by atoms with van der Waals surface area (Å²) in [5.41, 5.74) is 4.28. The predicted octanol–water partition coefficient (Wildman–Crippen LogP) is 4.43. The van der Waals surface area contributed by atoms with Crippen LogP contribution in [-0.2, 0) is 24.1 Å². The maximum atomic E-state index is 12.5. The van der Waals surface area contributed by atoms with E-state index in [0.717, 1.165) is 34.9 Å². The summed E-state index contributed by atoms with van der Waals surface area (Å²) < 4.78 is 1.95. The Morgan fingerprint density at radius 3 is 2.96 bits per heavy atom. The van der Waals surface area contributed by atoms with Crippen LogP contribution in [0.25, 0.3) is 5.65 Å². The highest BCUT2D eigenvalue weighted by molar-refractivity contribution is 7.15. The average molecular weight is 383 g/mol. The third kappa shape index (κ3) is 3.90. The lowest BCUT2D eigenvalue weighted by molar-refractivity contribution is -0.115. The van der Waals surface area contributed by atoms with Gasteiger partial charge in [-0.25, -0.2) is 9.97 Å². The van der Waals surface area contributed by atoms with Gasteiger partial charge in [-0.2, -0.15) is 0 Å². The van der Waals surface area contributed by atoms with Gasteiger partial charge in [0, 0.05) is 17.3 Å². The van der Waals surface area contributed by atoms with Gasteiger partial charge in [-0.15, -0.1) is 11.3 Å². The number of nitrogens with one attached hydrogen (secondary N) is 1. The number of fused-ring (bicyclic) bond motifs is 2. The van der Waals surface area contributed by atoms with Crippen LogP contribution >= 0.6 is 11.3 Å². The molecule has 3 heterocycles. The molecule has 0 radical (unpaired) electrons. The molecule has 3 aromatic heterocycles. The van der Waals surface area contributed by atoms with E-state index in [4.69, 9.17) is 0 Å². The number of pyridine rings is 1. The third-order valence-electron chi connectivity index (χ3n) is 5.42. The second-order valence-electron chi connectivity index (χ2n) is 8.62. The smallest absolute Gasteiger partial charge is 0.232 e. The van der Waals surface area contributed by atoms with E-state index in [2.05, 4.69) is 36.1 Å². The molecule has 27 heavy (non-hydrogen) atoms. The fraction of sp³-hybridized carbons (Fsp3) is 0.476. The van der Waals surface area contributed by atoms with Gasteiger partial charge >= 0.3 is 0 Å². The van der Waals surface area contributed by atoms with E-state index in [0.29, 0.717) is 11.3 Å². The molecule has 0 aliphatic heterocycles. The molecular formula is C21H26N4OS. The highest BCUT2D eigenvalue weighted by Crippen LogP contribution is 2.40. The lowest BCUT2D eigenvalue weighted by Gasteiger charge is -2.33. The van der Waals surface area contributed by atoms with Gasteiger partial charge in [0.25, 0.3) is 0 Å². The first kappa shape index (κ1) is 18.2. The van der Waals surface area contributed by atoms with Crippen molar-refractivity contribution in [2.45, 2.75) is 53.4 Å². The maximum absolute atomic E-state index is 12.5. The van der Waals surface area contributed by atoms with Gasteiger partial charge in [0.05, 0.1) is 17.8 Å². The fourth-order valence-electron chi connectivity index (χ4n) is 3.72. The van der Waals surface area contributed by atoms with Crippen LogP contribution in [0, 0.1) is 18.3 Å². The number of aromatic nitrogens is 3. The monoisotopic (exact) mass is 382 g/mol. The van der Waals surface area contributed by atoms with Gasteiger partial charge in [-0.1, -0.05) is 20.8 Å². The van der Waals surface area contributed by atoms with Crippen LogP contribution in [-0.4, -0.2) is 20.3 Å². The minimum atomic E-state index is -0.0615. The molecule has 0 bridgehead atoms. The first-order valence-electron chi connectivity index (χ1n) is 9.50. The average Bonchev–Trinajstić information content (AvgIpc) is 3.14. The van der Waals surface area contributed by atoms with E-state index in [-0.39, 0.29) is 12.3 Å². The van der Waals surface area contributed by atoms with Crippen molar-refractivity contribution in [2.24, 2.45) is 11.3 Å². The molecule has 4 rings (SSSR count). The van der Waals surface area contributed by atoms with Crippen LogP contribution < -0.4 is 5.32 Å². The number of amides is 1. The number of imidazole rings is 1. The van der Waals surface area contributed by atoms with Crippen molar-refractivity contribution >= 4 is 28.0 Å². The van der Waals surface area contributed by atoms with Crippen LogP contribution in [0.5, 0.6) is 0 Å². The summed E-state index contributed by atoms with van der Waals surface area (Å²) in [6, 6.07) is 4.05. The topological polar surface area (TPSA) is 59.3 Å². The van der Waals surface area contributed by atoms with Gasteiger partial charge < -0.3 is 9.72 Å². The Morgan fingerprint density at radius 1 is 1.37 bits per heavy atom. The van der Waals surface area contributed by atoms with Crippen LogP contribution in [0.15, 0.2) is 24.5 Å². The molecule has 0 spiro atoms. The number of nitrogens with zero attached hydrogens (tertiary/aromatic N) is 3. The highest BCUT2D eigenvalue weighted by Gasteiger charge is 2.30. The summed E-state index contributed by atoms with van der Waals surface area (Å²) in [5.74, 6) is 0.615. The largest absolute Gasteiger partial charge is 0.307 e. The Morgan fingerprint density at radius 2 is 2.19 bits per heavy atom. The number of carbonyl (C=O) groups excluding carboxylic acids is 1. The van der Waals surface area contributed by atoms with Crippen molar-refractivity contribution in [1.29, 1.82) is 0 Å². The molecule has 0 saturated heterocycles. The normalized spacial score (nSPS) is 17.1. The molecule has 1 N–H and O–H groups in total. The Labute approximate surface area is 163 Å². The van der Waals surface area contributed by atoms with Crippen LogP contribution in [0.4, 0.5) is 5.13 Å². The highest BCUT2D eigenvalue weighted by atomic mass is 32.1. The van der Waals surface area contributed by atoms with E-state index < -0.39 is 0 Å². The van der Waals surface area contributed by atoms with Gasteiger partial charge in [0.1, 0.15) is 5.65 Å². The van der Waals surface area contributed by atoms with E-state index >= 15 is 0 Å². The summed E-state index contributed by atoms with van der Waals surface area (Å²) in [6.07, 6.45) is 7.40. The number of carbonyl (C=O) groups is 1. The molecule has 6 heteroatoms. The van der Waals surface area contributed by atoms with E-state index in [1.54, 1.807) is 11.3 Å². The lowest BCUT2D eigenvalue weighted by atomic mass is 9.73. The van der Waals surface area contributed by atoms with Crippen LogP contribution in [0.3, 0.4) is 0 Å². The van der Waals surface area contributed by atoms with Crippen LogP contribution in [0.2, 0.25) is 0 Å². The molecule has 0 saturated carbocycles. The van der Waals surface area contributed by atoms with Gasteiger partial charge in [-0.3, -0.25) is 4.79 Å². The molecule has 1 aliphatic rings. The summed E-state index contributed by atoms with van der Waals surface area (Å²) in [7, 11) is 0. The molecule has 1 unspecified atom stereocenters. The number of aryl methyl sites for hydroxylation is 2. The first-order chi connectivity index (χ1) is 12.8. The summed E-state index contributed by atoms with van der Waals surface area (Å²) >= 11 is 1.63. The van der Waals surface area contributed by atoms with Gasteiger partial charge in [-0.05, 0) is 55.2 Å². The van der Waals surface area contributed by atoms with E-state index in [1.165, 1.54) is 17.0 Å². The minimum absolute atomic E-state index is 0.0615. The first-order valence-corrected chi connectivity index (χ1v) is 10.3. The molecule has 1 atom stereocenters. The van der Waals surface area contributed by atoms with Crippen molar-refractivity contribution in [2.75, 3.05) is 5.32 Å². The molecule has 0 aromatic carbocycles. The number of hydrogen-bond donors (Lipinski definition) is 1. The summed E-state index contributed by atoms with van der Waals surface area (Å²) in [6.45, 7) is 8.96.